The largest absolute Gasteiger partial charge is 0.484 e. The van der Waals surface area contributed by atoms with Gasteiger partial charge in [0.15, 0.2) is 6.61 Å². The molecule has 0 bridgehead atoms. The molecule has 0 radical (unpaired) electrons. The topological polar surface area (TPSA) is 66.8 Å². The van der Waals surface area contributed by atoms with Crippen LogP contribution in [0.15, 0.2) is 24.3 Å². The van der Waals surface area contributed by atoms with Crippen molar-refractivity contribution in [2.75, 3.05) is 13.2 Å². The van der Waals surface area contributed by atoms with Crippen LogP contribution in [0.3, 0.4) is 0 Å². The van der Waals surface area contributed by atoms with Gasteiger partial charge in [0, 0.05) is 12.6 Å². The van der Waals surface area contributed by atoms with E-state index in [1.54, 1.807) is 6.92 Å². The number of amides is 1. The number of carbonyl (C=O) groups is 2. The highest BCUT2D eigenvalue weighted by atomic mass is 19.4. The molecule has 0 aromatic heterocycles. The van der Waals surface area contributed by atoms with Crippen LogP contribution in [0, 0.1) is 5.92 Å². The number of carbonyl (C=O) groups excluding carboxylic acids is 1. The van der Waals surface area contributed by atoms with Crippen molar-refractivity contribution in [3.05, 3.63) is 29.8 Å². The van der Waals surface area contributed by atoms with Crippen molar-refractivity contribution in [2.45, 2.75) is 25.6 Å². The normalized spacial score (nSPS) is 21.3. The number of hydrogen-bond acceptors (Lipinski definition) is 3. The highest BCUT2D eigenvalue weighted by Crippen LogP contribution is 2.30. The Balaban J connectivity index is 1.91. The first-order valence-electron chi connectivity index (χ1n) is 7.02. The molecule has 1 N–H and O–H groups in total. The first kappa shape index (κ1) is 17.1. The standard InChI is InChI=1S/C15H16F3NO4/c1-9-12(14(21)22)6-7-19(9)13(20)8-23-11-4-2-10(3-5-11)15(16,17)18/h2-5,9,12H,6-8H2,1H3,(H,21,22). The predicted octanol–water partition coefficient (Wildman–Crippen LogP) is 2.41. The molecule has 2 unspecified atom stereocenters. The van der Waals surface area contributed by atoms with E-state index < -0.39 is 29.7 Å². The van der Waals surface area contributed by atoms with Gasteiger partial charge in [0.1, 0.15) is 5.75 Å². The molecule has 1 aliphatic heterocycles. The summed E-state index contributed by atoms with van der Waals surface area (Å²) in [5.41, 5.74) is -0.798. The Morgan fingerprint density at radius 1 is 1.30 bits per heavy atom. The van der Waals surface area contributed by atoms with Crippen LogP contribution in [-0.4, -0.2) is 41.1 Å². The first-order chi connectivity index (χ1) is 10.7. The third kappa shape index (κ3) is 3.94. The van der Waals surface area contributed by atoms with Gasteiger partial charge in [-0.05, 0) is 37.6 Å². The van der Waals surface area contributed by atoms with E-state index in [1.807, 2.05) is 0 Å². The van der Waals surface area contributed by atoms with Crippen molar-refractivity contribution in [1.29, 1.82) is 0 Å². The van der Waals surface area contributed by atoms with Crippen molar-refractivity contribution in [1.82, 2.24) is 4.90 Å². The molecule has 126 valence electrons. The number of rotatable bonds is 4. The summed E-state index contributed by atoms with van der Waals surface area (Å²) in [7, 11) is 0. The van der Waals surface area contributed by atoms with Crippen molar-refractivity contribution in [2.24, 2.45) is 5.92 Å². The molecular weight excluding hydrogens is 315 g/mol. The quantitative estimate of drug-likeness (QED) is 0.920. The number of carboxylic acid groups (broad SMARTS) is 1. The molecule has 0 saturated carbocycles. The maximum absolute atomic E-state index is 12.4. The van der Waals surface area contributed by atoms with Gasteiger partial charge in [-0.15, -0.1) is 0 Å². The highest BCUT2D eigenvalue weighted by molar-refractivity contribution is 5.80. The molecule has 0 spiro atoms. The van der Waals surface area contributed by atoms with Crippen LogP contribution in [0.5, 0.6) is 5.75 Å². The molecule has 1 aromatic carbocycles. The number of ether oxygens (including phenoxy) is 1. The van der Waals surface area contributed by atoms with Crippen LogP contribution in [0.25, 0.3) is 0 Å². The van der Waals surface area contributed by atoms with Crippen LogP contribution < -0.4 is 4.74 Å². The number of alkyl halides is 3. The van der Waals surface area contributed by atoms with Gasteiger partial charge in [0.25, 0.3) is 5.91 Å². The van der Waals surface area contributed by atoms with E-state index in [2.05, 4.69) is 0 Å². The molecule has 5 nitrogen and oxygen atoms in total. The molecule has 8 heteroatoms. The Kier molecular flexibility index (Phi) is 4.82. The molecule has 1 fully saturated rings. The molecule has 23 heavy (non-hydrogen) atoms. The Labute approximate surface area is 130 Å². The van der Waals surface area contributed by atoms with Gasteiger partial charge in [-0.1, -0.05) is 0 Å². The van der Waals surface area contributed by atoms with E-state index in [9.17, 15) is 22.8 Å². The fraction of sp³-hybridized carbons (Fsp3) is 0.467. The lowest BCUT2D eigenvalue weighted by atomic mass is 10.0. The minimum Gasteiger partial charge on any atom is -0.484 e. The monoisotopic (exact) mass is 331 g/mol. The predicted molar refractivity (Wildman–Crippen MR) is 73.9 cm³/mol. The lowest BCUT2D eigenvalue weighted by Gasteiger charge is -2.23. The summed E-state index contributed by atoms with van der Waals surface area (Å²) in [4.78, 5) is 24.5. The third-order valence-corrected chi connectivity index (χ3v) is 3.94. The number of likely N-dealkylation sites (tertiary alicyclic amines) is 1. The van der Waals surface area contributed by atoms with Gasteiger partial charge in [-0.25, -0.2) is 0 Å². The van der Waals surface area contributed by atoms with Gasteiger partial charge in [-0.3, -0.25) is 9.59 Å². The van der Waals surface area contributed by atoms with Gasteiger partial charge in [0.05, 0.1) is 11.5 Å². The first-order valence-corrected chi connectivity index (χ1v) is 7.02. The zero-order valence-corrected chi connectivity index (χ0v) is 12.3. The van der Waals surface area contributed by atoms with Crippen LogP contribution in [0.1, 0.15) is 18.9 Å². The third-order valence-electron chi connectivity index (χ3n) is 3.94. The second-order valence-corrected chi connectivity index (χ2v) is 5.37. The second kappa shape index (κ2) is 6.47. The van der Waals surface area contributed by atoms with E-state index in [1.165, 1.54) is 4.90 Å². The van der Waals surface area contributed by atoms with E-state index in [-0.39, 0.29) is 18.3 Å². The Hall–Kier alpha value is -2.25. The van der Waals surface area contributed by atoms with E-state index >= 15 is 0 Å². The summed E-state index contributed by atoms with van der Waals surface area (Å²) in [5.74, 6) is -1.80. The summed E-state index contributed by atoms with van der Waals surface area (Å²) in [6.45, 7) is 1.64. The van der Waals surface area contributed by atoms with Crippen LogP contribution >= 0.6 is 0 Å². The average Bonchev–Trinajstić information content (AvgIpc) is 2.86. The van der Waals surface area contributed by atoms with Crippen LogP contribution in [-0.2, 0) is 15.8 Å². The number of aliphatic carboxylic acids is 1. The summed E-state index contributed by atoms with van der Waals surface area (Å²) in [6, 6.07) is 3.60. The Morgan fingerprint density at radius 2 is 1.91 bits per heavy atom. The number of halogens is 3. The molecule has 1 saturated heterocycles. The number of hydrogen-bond donors (Lipinski definition) is 1. The fourth-order valence-electron chi connectivity index (χ4n) is 2.59. The summed E-state index contributed by atoms with van der Waals surface area (Å²) in [6.07, 6.45) is -4.05. The lowest BCUT2D eigenvalue weighted by Crippen LogP contribution is -2.40. The van der Waals surface area contributed by atoms with E-state index in [0.717, 1.165) is 24.3 Å². The number of carboxylic acids is 1. The molecule has 2 atom stereocenters. The Morgan fingerprint density at radius 3 is 2.39 bits per heavy atom. The highest BCUT2D eigenvalue weighted by Gasteiger charge is 2.38. The molecule has 1 heterocycles. The summed E-state index contributed by atoms with van der Waals surface area (Å²) < 4.78 is 42.5. The minimum atomic E-state index is -4.43. The fourth-order valence-corrected chi connectivity index (χ4v) is 2.59. The molecule has 0 aliphatic carbocycles. The van der Waals surface area contributed by atoms with Crippen molar-refractivity contribution in [3.63, 3.8) is 0 Å². The minimum absolute atomic E-state index is 0.146. The molecular formula is C15H16F3NO4. The smallest absolute Gasteiger partial charge is 0.416 e. The zero-order chi connectivity index (χ0) is 17.2. The van der Waals surface area contributed by atoms with Crippen molar-refractivity contribution >= 4 is 11.9 Å². The molecule has 1 aromatic rings. The maximum Gasteiger partial charge on any atom is 0.416 e. The lowest BCUT2D eigenvalue weighted by molar-refractivity contribution is -0.143. The van der Waals surface area contributed by atoms with Crippen molar-refractivity contribution in [3.8, 4) is 5.75 Å². The number of benzene rings is 1. The SMILES string of the molecule is CC1C(C(=O)O)CCN1C(=O)COc1ccc(C(F)(F)F)cc1. The molecule has 1 amide bonds. The van der Waals surface area contributed by atoms with E-state index in [4.69, 9.17) is 9.84 Å². The Bertz CT molecular complexity index is 585. The van der Waals surface area contributed by atoms with Gasteiger partial charge in [0.2, 0.25) is 0 Å². The summed E-state index contributed by atoms with van der Waals surface area (Å²) >= 11 is 0. The van der Waals surface area contributed by atoms with Gasteiger partial charge < -0.3 is 14.7 Å². The zero-order valence-electron chi connectivity index (χ0n) is 12.3. The summed E-state index contributed by atoms with van der Waals surface area (Å²) in [5, 5.41) is 9.02. The molecule has 1 aliphatic rings. The maximum atomic E-state index is 12.4. The van der Waals surface area contributed by atoms with Gasteiger partial charge in [-0.2, -0.15) is 13.2 Å². The van der Waals surface area contributed by atoms with Crippen molar-refractivity contribution < 1.29 is 32.6 Å². The average molecular weight is 331 g/mol. The number of nitrogens with zero attached hydrogens (tertiary/aromatic N) is 1. The van der Waals surface area contributed by atoms with Gasteiger partial charge >= 0.3 is 12.1 Å². The van der Waals surface area contributed by atoms with Crippen LogP contribution in [0.4, 0.5) is 13.2 Å². The molecule has 2 rings (SSSR count). The van der Waals surface area contributed by atoms with E-state index in [0.29, 0.717) is 13.0 Å². The second-order valence-electron chi connectivity index (χ2n) is 5.37. The van der Waals surface area contributed by atoms with Crippen LogP contribution in [0.2, 0.25) is 0 Å².